The van der Waals surface area contributed by atoms with E-state index in [9.17, 15) is 14.7 Å². The molecule has 20 heavy (non-hydrogen) atoms. The van der Waals surface area contributed by atoms with Crippen molar-refractivity contribution in [2.24, 2.45) is 5.41 Å². The van der Waals surface area contributed by atoms with Gasteiger partial charge in [-0.25, -0.2) is 0 Å². The number of hydrogen-bond acceptors (Lipinski definition) is 6. The molecule has 8 nitrogen and oxygen atoms in total. The third-order valence-corrected chi connectivity index (χ3v) is 2.81. The fourth-order valence-corrected chi connectivity index (χ4v) is 1.74. The van der Waals surface area contributed by atoms with Crippen LogP contribution in [0.25, 0.3) is 0 Å². The SMILES string of the molecule is CC1(C)COC(CC(O)N[C@@H](CC(=O)O)C(=O)O)OC1. The average Bonchev–Trinajstić information content (AvgIpc) is 2.30. The zero-order valence-electron chi connectivity index (χ0n) is 11.5. The summed E-state index contributed by atoms with van der Waals surface area (Å²) >= 11 is 0. The predicted molar refractivity (Wildman–Crippen MR) is 66.9 cm³/mol. The Labute approximate surface area is 116 Å². The minimum atomic E-state index is -1.36. The largest absolute Gasteiger partial charge is 0.481 e. The van der Waals surface area contributed by atoms with E-state index in [1.165, 1.54) is 0 Å². The fourth-order valence-electron chi connectivity index (χ4n) is 1.74. The second-order valence-electron chi connectivity index (χ2n) is 5.62. The molecule has 0 amide bonds. The van der Waals surface area contributed by atoms with Crippen molar-refractivity contribution in [3.8, 4) is 0 Å². The first-order valence-corrected chi connectivity index (χ1v) is 6.31. The first kappa shape index (κ1) is 16.8. The van der Waals surface area contributed by atoms with E-state index in [1.807, 2.05) is 13.8 Å². The van der Waals surface area contributed by atoms with Crippen LogP contribution in [0.15, 0.2) is 0 Å². The molecule has 0 aliphatic carbocycles. The van der Waals surface area contributed by atoms with E-state index in [4.69, 9.17) is 19.7 Å². The van der Waals surface area contributed by atoms with Gasteiger partial charge in [0.25, 0.3) is 0 Å². The normalized spacial score (nSPS) is 22.1. The Bertz CT molecular complexity index is 348. The summed E-state index contributed by atoms with van der Waals surface area (Å²) in [6.45, 7) is 4.90. The van der Waals surface area contributed by atoms with E-state index in [0.29, 0.717) is 13.2 Å². The zero-order chi connectivity index (χ0) is 15.3. The summed E-state index contributed by atoms with van der Waals surface area (Å²) in [6.07, 6.45) is -2.45. The lowest BCUT2D eigenvalue weighted by Crippen LogP contribution is -2.47. The number of rotatable bonds is 7. The Morgan fingerprint density at radius 3 is 2.30 bits per heavy atom. The molecule has 8 heteroatoms. The summed E-state index contributed by atoms with van der Waals surface area (Å²) in [5.41, 5.74) is -0.0954. The molecular formula is C12H21NO7. The summed E-state index contributed by atoms with van der Waals surface area (Å²) in [7, 11) is 0. The summed E-state index contributed by atoms with van der Waals surface area (Å²) in [4.78, 5) is 21.4. The minimum Gasteiger partial charge on any atom is -0.481 e. The topological polar surface area (TPSA) is 125 Å². The van der Waals surface area contributed by atoms with Gasteiger partial charge in [0.2, 0.25) is 0 Å². The van der Waals surface area contributed by atoms with E-state index < -0.39 is 36.9 Å². The van der Waals surface area contributed by atoms with Crippen molar-refractivity contribution in [2.75, 3.05) is 13.2 Å². The monoisotopic (exact) mass is 291 g/mol. The van der Waals surface area contributed by atoms with E-state index >= 15 is 0 Å². The first-order valence-electron chi connectivity index (χ1n) is 6.31. The van der Waals surface area contributed by atoms with Crippen LogP contribution in [0, 0.1) is 5.41 Å². The number of ether oxygens (including phenoxy) is 2. The molecule has 0 saturated carbocycles. The van der Waals surface area contributed by atoms with Crippen LogP contribution in [0.3, 0.4) is 0 Å². The molecule has 1 saturated heterocycles. The molecule has 0 spiro atoms. The summed E-state index contributed by atoms with van der Waals surface area (Å²) < 4.78 is 10.8. The van der Waals surface area contributed by atoms with Gasteiger partial charge in [0.1, 0.15) is 12.3 Å². The second kappa shape index (κ2) is 6.98. The molecule has 0 aromatic carbocycles. The van der Waals surface area contributed by atoms with Gasteiger partial charge in [-0.05, 0) is 0 Å². The van der Waals surface area contributed by atoms with Gasteiger partial charge in [0.05, 0.1) is 19.6 Å². The third-order valence-electron chi connectivity index (χ3n) is 2.81. The van der Waals surface area contributed by atoms with Crippen molar-refractivity contribution in [3.05, 3.63) is 0 Å². The van der Waals surface area contributed by atoms with Gasteiger partial charge in [-0.15, -0.1) is 0 Å². The highest BCUT2D eigenvalue weighted by Gasteiger charge is 2.31. The van der Waals surface area contributed by atoms with Crippen molar-refractivity contribution >= 4 is 11.9 Å². The highest BCUT2D eigenvalue weighted by Crippen LogP contribution is 2.24. The van der Waals surface area contributed by atoms with Crippen LogP contribution in [0.1, 0.15) is 26.7 Å². The predicted octanol–water partition coefficient (Wildman–Crippen LogP) is -0.388. The maximum atomic E-state index is 10.8. The fraction of sp³-hybridized carbons (Fsp3) is 0.833. The molecule has 1 fully saturated rings. The molecule has 2 atom stereocenters. The minimum absolute atomic E-state index is 0.0273. The third kappa shape index (κ3) is 5.83. The van der Waals surface area contributed by atoms with Gasteiger partial charge in [-0.1, -0.05) is 13.8 Å². The van der Waals surface area contributed by atoms with Gasteiger partial charge < -0.3 is 24.8 Å². The van der Waals surface area contributed by atoms with Crippen molar-refractivity contribution < 1.29 is 34.4 Å². The lowest BCUT2D eigenvalue weighted by Gasteiger charge is -2.35. The van der Waals surface area contributed by atoms with Gasteiger partial charge in [-0.2, -0.15) is 0 Å². The van der Waals surface area contributed by atoms with Crippen LogP contribution in [-0.2, 0) is 19.1 Å². The molecule has 1 aliphatic rings. The molecule has 0 aromatic heterocycles. The van der Waals surface area contributed by atoms with Crippen molar-refractivity contribution in [3.63, 3.8) is 0 Å². The highest BCUT2D eigenvalue weighted by atomic mass is 16.7. The van der Waals surface area contributed by atoms with E-state index in [-0.39, 0.29) is 11.8 Å². The van der Waals surface area contributed by atoms with E-state index in [1.54, 1.807) is 0 Å². The van der Waals surface area contributed by atoms with Crippen LogP contribution in [0.2, 0.25) is 0 Å². The van der Waals surface area contributed by atoms with Gasteiger partial charge >= 0.3 is 11.9 Å². The number of aliphatic carboxylic acids is 2. The second-order valence-corrected chi connectivity index (χ2v) is 5.62. The molecule has 0 bridgehead atoms. The average molecular weight is 291 g/mol. The van der Waals surface area contributed by atoms with Crippen molar-refractivity contribution in [2.45, 2.75) is 45.2 Å². The van der Waals surface area contributed by atoms with Crippen LogP contribution in [-0.4, -0.2) is 59.0 Å². The Balaban J connectivity index is 2.40. The Kier molecular flexibility index (Phi) is 5.88. The summed E-state index contributed by atoms with van der Waals surface area (Å²) in [5, 5.41) is 29.5. The number of aliphatic hydroxyl groups is 1. The Morgan fingerprint density at radius 2 is 1.85 bits per heavy atom. The lowest BCUT2D eigenvalue weighted by molar-refractivity contribution is -0.232. The van der Waals surface area contributed by atoms with Gasteiger partial charge in [0.15, 0.2) is 6.29 Å². The van der Waals surface area contributed by atoms with E-state index in [0.717, 1.165) is 0 Å². The van der Waals surface area contributed by atoms with Crippen LogP contribution in [0.4, 0.5) is 0 Å². The molecule has 1 aliphatic heterocycles. The van der Waals surface area contributed by atoms with Crippen molar-refractivity contribution in [1.29, 1.82) is 0 Å². The molecule has 0 aromatic rings. The lowest BCUT2D eigenvalue weighted by atomic mass is 9.95. The first-order chi connectivity index (χ1) is 9.19. The molecule has 4 N–H and O–H groups in total. The quantitative estimate of drug-likeness (QED) is 0.467. The molecule has 1 heterocycles. The highest BCUT2D eigenvalue weighted by molar-refractivity contribution is 5.80. The molecular weight excluding hydrogens is 270 g/mol. The molecule has 116 valence electrons. The Morgan fingerprint density at radius 1 is 1.30 bits per heavy atom. The number of carbonyl (C=O) groups is 2. The summed E-state index contributed by atoms with van der Waals surface area (Å²) in [5.74, 6) is -2.60. The maximum absolute atomic E-state index is 10.8. The smallest absolute Gasteiger partial charge is 0.321 e. The van der Waals surface area contributed by atoms with Crippen LogP contribution in [0.5, 0.6) is 0 Å². The maximum Gasteiger partial charge on any atom is 0.321 e. The number of carboxylic acid groups (broad SMARTS) is 2. The van der Waals surface area contributed by atoms with Crippen LogP contribution >= 0.6 is 0 Å². The Hall–Kier alpha value is -1.22. The number of carboxylic acids is 2. The number of nitrogens with one attached hydrogen (secondary N) is 1. The van der Waals surface area contributed by atoms with E-state index in [2.05, 4.69) is 5.32 Å². The molecule has 1 rings (SSSR count). The molecule has 0 radical (unpaired) electrons. The van der Waals surface area contributed by atoms with Gasteiger partial charge in [-0.3, -0.25) is 14.9 Å². The van der Waals surface area contributed by atoms with Crippen LogP contribution < -0.4 is 5.32 Å². The zero-order valence-corrected chi connectivity index (χ0v) is 11.5. The van der Waals surface area contributed by atoms with Crippen molar-refractivity contribution in [1.82, 2.24) is 5.32 Å². The number of hydrogen-bond donors (Lipinski definition) is 4. The van der Waals surface area contributed by atoms with Gasteiger partial charge in [0, 0.05) is 11.8 Å². The standard InChI is InChI=1S/C12H21NO7/c1-12(2)5-19-10(20-6-12)4-8(14)13-7(11(17)18)3-9(15)16/h7-8,10,13-14H,3-6H2,1-2H3,(H,15,16)(H,17,18)/t7-,8?/m0/s1. The summed E-state index contributed by atoms with van der Waals surface area (Å²) in [6, 6.07) is -1.36. The number of aliphatic hydroxyl groups excluding tert-OH is 1. The molecule has 1 unspecified atom stereocenters.